The fraction of sp³-hybridized carbons (Fsp3) is 0.143. The highest BCUT2D eigenvalue weighted by atomic mass is 16.2. The van der Waals surface area contributed by atoms with Crippen molar-refractivity contribution in [2.24, 2.45) is 5.92 Å². The Morgan fingerprint density at radius 1 is 1.04 bits per heavy atom. The van der Waals surface area contributed by atoms with Gasteiger partial charge >= 0.3 is 0 Å². The summed E-state index contributed by atoms with van der Waals surface area (Å²) in [4.78, 5) is 26.7. The standard InChI is InChI=1S/C21H15NO2/c1-2-14-8-10-17-18(13-14)21(24)22(20(17)23)19-11-9-16(19)12-15-6-4-3-5-7-15/h1,3-8,10-11,13,16H,9,12H2. The summed E-state index contributed by atoms with van der Waals surface area (Å²) in [5.74, 6) is 2.19. The summed E-state index contributed by atoms with van der Waals surface area (Å²) in [5.41, 5.74) is 3.47. The smallest absolute Gasteiger partial charge is 0.265 e. The molecule has 1 aliphatic carbocycles. The Balaban J connectivity index is 1.61. The van der Waals surface area contributed by atoms with E-state index in [9.17, 15) is 9.59 Å². The van der Waals surface area contributed by atoms with Gasteiger partial charge in [-0.05, 0) is 36.6 Å². The van der Waals surface area contributed by atoms with Gasteiger partial charge in [0.2, 0.25) is 0 Å². The number of carbonyl (C=O) groups is 2. The van der Waals surface area contributed by atoms with Crippen LogP contribution in [0, 0.1) is 18.3 Å². The van der Waals surface area contributed by atoms with E-state index in [4.69, 9.17) is 6.42 Å². The van der Waals surface area contributed by atoms with Crippen LogP contribution in [0.25, 0.3) is 0 Å². The summed E-state index contributed by atoms with van der Waals surface area (Å²) in [7, 11) is 0. The minimum Gasteiger partial charge on any atom is -0.268 e. The van der Waals surface area contributed by atoms with Crippen LogP contribution in [0.15, 0.2) is 60.3 Å². The molecule has 1 aliphatic heterocycles. The molecule has 2 aliphatic rings. The highest BCUT2D eigenvalue weighted by Gasteiger charge is 2.41. The highest BCUT2D eigenvalue weighted by Crippen LogP contribution is 2.38. The Kier molecular flexibility index (Phi) is 3.32. The van der Waals surface area contributed by atoms with E-state index in [2.05, 4.69) is 18.1 Å². The quantitative estimate of drug-likeness (QED) is 0.643. The first kappa shape index (κ1) is 14.5. The topological polar surface area (TPSA) is 37.4 Å². The predicted octanol–water partition coefficient (Wildman–Crippen LogP) is 3.41. The number of terminal acetylenes is 1. The monoisotopic (exact) mass is 313 g/mol. The zero-order valence-electron chi connectivity index (χ0n) is 13.0. The fourth-order valence-corrected chi connectivity index (χ4v) is 3.32. The molecule has 1 atom stereocenters. The van der Waals surface area contributed by atoms with Gasteiger partial charge < -0.3 is 0 Å². The number of benzene rings is 2. The lowest BCUT2D eigenvalue weighted by Gasteiger charge is -2.32. The van der Waals surface area contributed by atoms with Crippen LogP contribution < -0.4 is 0 Å². The van der Waals surface area contributed by atoms with Crippen molar-refractivity contribution < 1.29 is 9.59 Å². The van der Waals surface area contributed by atoms with E-state index in [1.54, 1.807) is 18.2 Å². The number of rotatable bonds is 3. The third kappa shape index (κ3) is 2.16. The van der Waals surface area contributed by atoms with Crippen LogP contribution in [0.5, 0.6) is 0 Å². The van der Waals surface area contributed by atoms with Gasteiger partial charge in [-0.3, -0.25) is 9.59 Å². The largest absolute Gasteiger partial charge is 0.268 e. The highest BCUT2D eigenvalue weighted by molar-refractivity contribution is 6.22. The molecular weight excluding hydrogens is 298 g/mol. The number of fused-ring (bicyclic) bond motifs is 1. The summed E-state index contributed by atoms with van der Waals surface area (Å²) in [5, 5.41) is 0. The zero-order valence-corrected chi connectivity index (χ0v) is 13.0. The molecule has 0 fully saturated rings. The van der Waals surface area contributed by atoms with E-state index < -0.39 is 0 Å². The maximum absolute atomic E-state index is 12.7. The van der Waals surface area contributed by atoms with Crippen LogP contribution in [0.3, 0.4) is 0 Å². The van der Waals surface area contributed by atoms with Crippen LogP contribution >= 0.6 is 0 Å². The average molecular weight is 313 g/mol. The molecule has 0 spiro atoms. The molecule has 0 radical (unpaired) electrons. The van der Waals surface area contributed by atoms with E-state index in [1.165, 1.54) is 10.5 Å². The van der Waals surface area contributed by atoms with Gasteiger partial charge in [0, 0.05) is 17.2 Å². The normalized spacial score (nSPS) is 18.7. The Morgan fingerprint density at radius 3 is 2.46 bits per heavy atom. The first-order valence-corrected chi connectivity index (χ1v) is 7.92. The second-order valence-corrected chi connectivity index (χ2v) is 6.10. The summed E-state index contributed by atoms with van der Waals surface area (Å²) >= 11 is 0. The lowest BCUT2D eigenvalue weighted by atomic mass is 9.84. The van der Waals surface area contributed by atoms with E-state index >= 15 is 0 Å². The molecule has 2 aromatic carbocycles. The summed E-state index contributed by atoms with van der Waals surface area (Å²) in [6.07, 6.45) is 9.07. The van der Waals surface area contributed by atoms with E-state index in [0.29, 0.717) is 16.7 Å². The Labute approximate surface area is 140 Å². The molecule has 0 saturated heterocycles. The fourth-order valence-electron chi connectivity index (χ4n) is 3.32. The van der Waals surface area contributed by atoms with Crippen molar-refractivity contribution in [1.29, 1.82) is 0 Å². The number of nitrogens with zero attached hydrogens (tertiary/aromatic N) is 1. The maximum Gasteiger partial charge on any atom is 0.265 e. The number of carbonyl (C=O) groups excluding carboxylic acids is 2. The van der Waals surface area contributed by atoms with Gasteiger partial charge in [-0.2, -0.15) is 0 Å². The van der Waals surface area contributed by atoms with Crippen LogP contribution in [-0.4, -0.2) is 16.7 Å². The molecule has 3 nitrogen and oxygen atoms in total. The second kappa shape index (κ2) is 5.50. The van der Waals surface area contributed by atoms with Gasteiger partial charge in [0.1, 0.15) is 0 Å². The Bertz CT molecular complexity index is 919. The Morgan fingerprint density at radius 2 is 1.79 bits per heavy atom. The van der Waals surface area contributed by atoms with Gasteiger partial charge in [-0.1, -0.05) is 42.3 Å². The molecule has 0 N–H and O–H groups in total. The molecule has 1 unspecified atom stereocenters. The maximum atomic E-state index is 12.7. The molecule has 3 heteroatoms. The van der Waals surface area contributed by atoms with Crippen LogP contribution in [0.1, 0.15) is 38.3 Å². The number of allylic oxidation sites excluding steroid dienone is 2. The van der Waals surface area contributed by atoms with Crippen LogP contribution in [0.2, 0.25) is 0 Å². The van der Waals surface area contributed by atoms with Crippen LogP contribution in [0.4, 0.5) is 0 Å². The average Bonchev–Trinajstić information content (AvgIpc) is 2.84. The van der Waals surface area contributed by atoms with Gasteiger partial charge in [0.25, 0.3) is 11.8 Å². The first-order chi connectivity index (χ1) is 11.7. The minimum absolute atomic E-state index is 0.196. The van der Waals surface area contributed by atoms with Gasteiger partial charge in [0.15, 0.2) is 0 Å². The minimum atomic E-state index is -0.267. The molecule has 4 rings (SSSR count). The summed E-state index contributed by atoms with van der Waals surface area (Å²) < 4.78 is 0. The molecule has 24 heavy (non-hydrogen) atoms. The van der Waals surface area contributed by atoms with Crippen LogP contribution in [-0.2, 0) is 6.42 Å². The third-order valence-electron chi connectivity index (χ3n) is 4.67. The number of amides is 2. The molecule has 2 amide bonds. The first-order valence-electron chi connectivity index (χ1n) is 7.92. The molecule has 2 aromatic rings. The molecule has 0 bridgehead atoms. The van der Waals surface area contributed by atoms with Crippen molar-refractivity contribution in [1.82, 2.24) is 4.90 Å². The van der Waals surface area contributed by atoms with Crippen molar-refractivity contribution >= 4 is 11.8 Å². The van der Waals surface area contributed by atoms with Crippen molar-refractivity contribution in [3.8, 4) is 12.3 Å². The van der Waals surface area contributed by atoms with Crippen molar-refractivity contribution in [3.05, 3.63) is 82.6 Å². The Hall–Kier alpha value is -3.12. The molecular formula is C21H15NO2. The molecule has 1 heterocycles. The number of imide groups is 1. The van der Waals surface area contributed by atoms with E-state index in [0.717, 1.165) is 18.5 Å². The summed E-state index contributed by atoms with van der Waals surface area (Å²) in [6, 6.07) is 15.1. The van der Waals surface area contributed by atoms with Crippen molar-refractivity contribution in [2.75, 3.05) is 0 Å². The SMILES string of the molecule is C#Cc1ccc2c(c1)C(=O)N(C1=CCC1Cc1ccccc1)C2=O. The number of hydrogen-bond acceptors (Lipinski definition) is 2. The molecule has 0 saturated carbocycles. The van der Waals surface area contributed by atoms with Crippen molar-refractivity contribution in [3.63, 3.8) is 0 Å². The van der Waals surface area contributed by atoms with Gasteiger partial charge in [-0.15, -0.1) is 6.42 Å². The lowest BCUT2D eigenvalue weighted by molar-refractivity contribution is 0.0677. The van der Waals surface area contributed by atoms with Gasteiger partial charge in [-0.25, -0.2) is 4.90 Å². The molecule has 116 valence electrons. The van der Waals surface area contributed by atoms with E-state index in [-0.39, 0.29) is 17.7 Å². The third-order valence-corrected chi connectivity index (χ3v) is 4.67. The van der Waals surface area contributed by atoms with Gasteiger partial charge in [0.05, 0.1) is 11.1 Å². The summed E-state index contributed by atoms with van der Waals surface area (Å²) in [6.45, 7) is 0. The van der Waals surface area contributed by atoms with Crippen molar-refractivity contribution in [2.45, 2.75) is 12.8 Å². The number of hydrogen-bond donors (Lipinski definition) is 0. The lowest BCUT2D eigenvalue weighted by Crippen LogP contribution is -2.36. The molecule has 0 aromatic heterocycles. The van der Waals surface area contributed by atoms with E-state index in [1.807, 2.05) is 24.3 Å². The second-order valence-electron chi connectivity index (χ2n) is 6.10. The predicted molar refractivity (Wildman–Crippen MR) is 91.2 cm³/mol. The zero-order chi connectivity index (χ0) is 16.7.